The standard InChI is InChI=1S/C16H17BrFN3O3S/c1-21(9-11-7-12(17)5-6-15(11)18)10-16(22)20-13-3-2-4-14(8-13)25(19,23)24/h2-8H,9-10H2,1H3,(H,20,22)(H2,19,23,24). The fourth-order valence-electron chi connectivity index (χ4n) is 2.21. The number of benzene rings is 2. The van der Waals surface area contributed by atoms with Gasteiger partial charge in [0.05, 0.1) is 11.4 Å². The zero-order chi connectivity index (χ0) is 18.6. The van der Waals surface area contributed by atoms with Gasteiger partial charge < -0.3 is 5.32 Å². The van der Waals surface area contributed by atoms with Gasteiger partial charge in [0.2, 0.25) is 15.9 Å². The number of hydrogen-bond donors (Lipinski definition) is 2. The Bertz CT molecular complexity index is 890. The summed E-state index contributed by atoms with van der Waals surface area (Å²) in [5.74, 6) is -0.708. The number of anilines is 1. The second kappa shape index (κ2) is 8.05. The molecule has 0 spiro atoms. The van der Waals surface area contributed by atoms with Crippen LogP contribution >= 0.6 is 15.9 Å². The molecule has 0 bridgehead atoms. The summed E-state index contributed by atoms with van der Waals surface area (Å²) < 4.78 is 37.2. The molecule has 0 unspecified atom stereocenters. The van der Waals surface area contributed by atoms with Gasteiger partial charge in [0.15, 0.2) is 0 Å². The van der Waals surface area contributed by atoms with Gasteiger partial charge in [0.25, 0.3) is 0 Å². The minimum atomic E-state index is -3.84. The molecule has 2 rings (SSSR count). The van der Waals surface area contributed by atoms with Gasteiger partial charge in [-0.05, 0) is 43.4 Å². The third-order valence-corrected chi connectivity index (χ3v) is 4.71. The first-order valence-electron chi connectivity index (χ1n) is 7.20. The van der Waals surface area contributed by atoms with Crippen molar-refractivity contribution in [1.29, 1.82) is 0 Å². The number of rotatable bonds is 6. The molecule has 1 amide bonds. The van der Waals surface area contributed by atoms with E-state index in [2.05, 4.69) is 21.2 Å². The lowest BCUT2D eigenvalue weighted by Crippen LogP contribution is -2.30. The number of carbonyl (C=O) groups excluding carboxylic acids is 1. The molecule has 0 atom stereocenters. The topological polar surface area (TPSA) is 92.5 Å². The molecule has 0 aliphatic heterocycles. The number of carbonyl (C=O) groups is 1. The van der Waals surface area contributed by atoms with Gasteiger partial charge in [0.1, 0.15) is 5.82 Å². The maximum Gasteiger partial charge on any atom is 0.238 e. The van der Waals surface area contributed by atoms with E-state index in [1.54, 1.807) is 30.1 Å². The van der Waals surface area contributed by atoms with E-state index in [-0.39, 0.29) is 29.7 Å². The Morgan fingerprint density at radius 3 is 2.68 bits per heavy atom. The molecule has 0 aliphatic carbocycles. The number of nitrogens with one attached hydrogen (secondary N) is 1. The Kier molecular flexibility index (Phi) is 6.28. The normalized spacial score (nSPS) is 11.6. The van der Waals surface area contributed by atoms with E-state index >= 15 is 0 Å². The summed E-state index contributed by atoms with van der Waals surface area (Å²) in [6, 6.07) is 10.3. The van der Waals surface area contributed by atoms with Gasteiger partial charge in [0, 0.05) is 22.3 Å². The summed E-state index contributed by atoms with van der Waals surface area (Å²) >= 11 is 3.28. The van der Waals surface area contributed by atoms with Crippen LogP contribution in [0.4, 0.5) is 10.1 Å². The molecule has 0 heterocycles. The van der Waals surface area contributed by atoms with E-state index in [9.17, 15) is 17.6 Å². The zero-order valence-electron chi connectivity index (χ0n) is 13.4. The van der Waals surface area contributed by atoms with Crippen molar-refractivity contribution in [3.63, 3.8) is 0 Å². The van der Waals surface area contributed by atoms with E-state index in [0.29, 0.717) is 11.3 Å². The quantitative estimate of drug-likeness (QED) is 0.736. The van der Waals surface area contributed by atoms with Crippen LogP contribution in [-0.4, -0.2) is 32.8 Å². The number of nitrogens with two attached hydrogens (primary N) is 1. The number of likely N-dealkylation sites (N-methyl/N-ethyl adjacent to an activating group) is 1. The summed E-state index contributed by atoms with van der Waals surface area (Å²) in [5, 5.41) is 7.65. The van der Waals surface area contributed by atoms with Crippen molar-refractivity contribution >= 4 is 37.5 Å². The third-order valence-electron chi connectivity index (χ3n) is 3.31. The van der Waals surface area contributed by atoms with Crippen LogP contribution < -0.4 is 10.5 Å². The first-order valence-corrected chi connectivity index (χ1v) is 9.54. The Morgan fingerprint density at radius 1 is 1.28 bits per heavy atom. The molecule has 0 radical (unpaired) electrons. The summed E-state index contributed by atoms with van der Waals surface area (Å²) in [7, 11) is -2.16. The summed E-state index contributed by atoms with van der Waals surface area (Å²) in [6.45, 7) is 0.251. The van der Waals surface area contributed by atoms with Crippen molar-refractivity contribution in [2.75, 3.05) is 18.9 Å². The highest BCUT2D eigenvalue weighted by molar-refractivity contribution is 9.10. The predicted octanol–water partition coefficient (Wildman–Crippen LogP) is 2.31. The van der Waals surface area contributed by atoms with Crippen molar-refractivity contribution < 1.29 is 17.6 Å². The lowest BCUT2D eigenvalue weighted by molar-refractivity contribution is -0.117. The maximum atomic E-state index is 13.8. The van der Waals surface area contributed by atoms with Crippen LogP contribution in [0.5, 0.6) is 0 Å². The lowest BCUT2D eigenvalue weighted by atomic mass is 10.2. The molecule has 9 heteroatoms. The van der Waals surface area contributed by atoms with Crippen molar-refractivity contribution in [1.82, 2.24) is 4.90 Å². The molecule has 6 nitrogen and oxygen atoms in total. The summed E-state index contributed by atoms with van der Waals surface area (Å²) in [5.41, 5.74) is 0.777. The number of sulfonamides is 1. The minimum absolute atomic E-state index is 0.00551. The highest BCUT2D eigenvalue weighted by Gasteiger charge is 2.12. The summed E-state index contributed by atoms with van der Waals surface area (Å²) in [4.78, 5) is 13.6. The van der Waals surface area contributed by atoms with Crippen molar-refractivity contribution in [2.45, 2.75) is 11.4 Å². The first kappa shape index (κ1) is 19.5. The fraction of sp³-hybridized carbons (Fsp3) is 0.188. The number of primary sulfonamides is 1. The molecular weight excluding hydrogens is 413 g/mol. The monoisotopic (exact) mass is 429 g/mol. The largest absolute Gasteiger partial charge is 0.325 e. The van der Waals surface area contributed by atoms with Gasteiger partial charge in [-0.25, -0.2) is 17.9 Å². The average Bonchev–Trinajstić information content (AvgIpc) is 2.50. The van der Waals surface area contributed by atoms with E-state index in [1.165, 1.54) is 24.3 Å². The molecule has 0 fully saturated rings. The molecule has 0 aliphatic rings. The van der Waals surface area contributed by atoms with Crippen LogP contribution in [0.15, 0.2) is 51.8 Å². The molecule has 2 aromatic carbocycles. The minimum Gasteiger partial charge on any atom is -0.325 e. The van der Waals surface area contributed by atoms with Gasteiger partial charge >= 0.3 is 0 Å². The molecular formula is C16H17BrFN3O3S. The zero-order valence-corrected chi connectivity index (χ0v) is 15.8. The maximum absolute atomic E-state index is 13.8. The molecule has 2 aromatic rings. The molecule has 0 aromatic heterocycles. The van der Waals surface area contributed by atoms with E-state index < -0.39 is 10.0 Å². The Morgan fingerprint density at radius 2 is 2.00 bits per heavy atom. The van der Waals surface area contributed by atoms with Crippen molar-refractivity contribution in [2.24, 2.45) is 5.14 Å². The Hall–Kier alpha value is -1.81. The lowest BCUT2D eigenvalue weighted by Gasteiger charge is -2.17. The number of amides is 1. The molecule has 134 valence electrons. The van der Waals surface area contributed by atoms with E-state index in [0.717, 1.165) is 4.47 Å². The first-order chi connectivity index (χ1) is 11.6. The SMILES string of the molecule is CN(CC(=O)Nc1cccc(S(N)(=O)=O)c1)Cc1cc(Br)ccc1F. The molecule has 0 saturated heterocycles. The van der Waals surface area contributed by atoms with Gasteiger partial charge in [-0.3, -0.25) is 9.69 Å². The Labute approximate surface area is 154 Å². The fourth-order valence-corrected chi connectivity index (χ4v) is 3.18. The van der Waals surface area contributed by atoms with Gasteiger partial charge in [-0.1, -0.05) is 22.0 Å². The molecule has 25 heavy (non-hydrogen) atoms. The van der Waals surface area contributed by atoms with Crippen LogP contribution in [0, 0.1) is 5.82 Å². The van der Waals surface area contributed by atoms with Gasteiger partial charge in [-0.15, -0.1) is 0 Å². The van der Waals surface area contributed by atoms with Crippen LogP contribution in [0.3, 0.4) is 0 Å². The Balaban J connectivity index is 1.99. The average molecular weight is 430 g/mol. The van der Waals surface area contributed by atoms with Crippen LogP contribution in [0.1, 0.15) is 5.56 Å². The third kappa shape index (κ3) is 5.89. The highest BCUT2D eigenvalue weighted by atomic mass is 79.9. The highest BCUT2D eigenvalue weighted by Crippen LogP contribution is 2.17. The smallest absolute Gasteiger partial charge is 0.238 e. The van der Waals surface area contributed by atoms with Crippen molar-refractivity contribution in [3.8, 4) is 0 Å². The van der Waals surface area contributed by atoms with Crippen LogP contribution in [-0.2, 0) is 21.4 Å². The van der Waals surface area contributed by atoms with Crippen LogP contribution in [0.25, 0.3) is 0 Å². The van der Waals surface area contributed by atoms with E-state index in [4.69, 9.17) is 5.14 Å². The number of nitrogens with zero attached hydrogens (tertiary/aromatic N) is 1. The number of halogens is 2. The predicted molar refractivity (Wildman–Crippen MR) is 96.9 cm³/mol. The number of hydrogen-bond acceptors (Lipinski definition) is 4. The molecule has 3 N–H and O–H groups in total. The second-order valence-corrected chi connectivity index (χ2v) is 8.01. The van der Waals surface area contributed by atoms with E-state index in [1.807, 2.05) is 0 Å². The summed E-state index contributed by atoms with van der Waals surface area (Å²) in [6.07, 6.45) is 0. The van der Waals surface area contributed by atoms with Crippen molar-refractivity contribution in [3.05, 3.63) is 58.3 Å². The van der Waals surface area contributed by atoms with Gasteiger partial charge in [-0.2, -0.15) is 0 Å². The molecule has 0 saturated carbocycles. The second-order valence-electron chi connectivity index (χ2n) is 5.53. The van der Waals surface area contributed by atoms with Crippen LogP contribution in [0.2, 0.25) is 0 Å².